The van der Waals surface area contributed by atoms with Crippen LogP contribution in [0.2, 0.25) is 0 Å². The average Bonchev–Trinajstić information content (AvgIpc) is 3.06. The monoisotopic (exact) mass is 733 g/mol. The Labute approximate surface area is 294 Å². The molecular formula is C28H51N11O10S. The highest BCUT2D eigenvalue weighted by Crippen LogP contribution is 2.07. The zero-order valence-electron chi connectivity index (χ0n) is 28.3. The lowest BCUT2D eigenvalue weighted by atomic mass is 9.99. The molecule has 7 amide bonds. The summed E-state index contributed by atoms with van der Waals surface area (Å²) in [6, 6.07) is -7.70. The van der Waals surface area contributed by atoms with E-state index in [1.165, 1.54) is 6.92 Å². The van der Waals surface area contributed by atoms with E-state index < -0.39 is 96.7 Å². The van der Waals surface area contributed by atoms with E-state index in [1.54, 1.807) is 6.92 Å². The second-order valence-electron chi connectivity index (χ2n) is 11.3. The van der Waals surface area contributed by atoms with Gasteiger partial charge in [0, 0.05) is 18.7 Å². The van der Waals surface area contributed by atoms with E-state index in [0.29, 0.717) is 6.42 Å². The highest BCUT2D eigenvalue weighted by atomic mass is 32.1. The Balaban J connectivity index is 5.26. The van der Waals surface area contributed by atoms with Crippen molar-refractivity contribution in [2.45, 2.75) is 89.1 Å². The van der Waals surface area contributed by atoms with Gasteiger partial charge in [-0.2, -0.15) is 12.6 Å². The molecule has 0 aromatic rings. The third-order valence-electron chi connectivity index (χ3n) is 7.26. The number of amides is 7. The molecule has 0 unspecified atom stereocenters. The molecule has 16 N–H and O–H groups in total. The average molecular weight is 734 g/mol. The van der Waals surface area contributed by atoms with Crippen LogP contribution in [0.3, 0.4) is 0 Å². The molecule has 0 aromatic heterocycles. The number of carbonyl (C=O) groups is 8. The molecule has 0 radical (unpaired) electrons. The van der Waals surface area contributed by atoms with Gasteiger partial charge < -0.3 is 65.0 Å². The maximum Gasteiger partial charge on any atom is 0.326 e. The van der Waals surface area contributed by atoms with Gasteiger partial charge in [-0.15, -0.1) is 0 Å². The summed E-state index contributed by atoms with van der Waals surface area (Å²) >= 11 is 4.09. The third kappa shape index (κ3) is 17.6. The predicted octanol–water partition coefficient (Wildman–Crippen LogP) is -5.75. The number of hydrogen-bond acceptors (Lipinski definition) is 12. The van der Waals surface area contributed by atoms with E-state index in [9.17, 15) is 48.6 Å². The predicted molar refractivity (Wildman–Crippen MR) is 183 cm³/mol. The van der Waals surface area contributed by atoms with E-state index in [4.69, 9.17) is 22.9 Å². The lowest BCUT2D eigenvalue weighted by Gasteiger charge is -2.25. The zero-order valence-corrected chi connectivity index (χ0v) is 29.2. The van der Waals surface area contributed by atoms with Crippen molar-refractivity contribution in [3.05, 3.63) is 0 Å². The zero-order chi connectivity index (χ0) is 38.6. The number of carbonyl (C=O) groups excluding carboxylic acids is 7. The molecule has 0 heterocycles. The standard InChI is InChI=1S/C28H51N11O10S/c1-4-13(2)21(30)26(47)39-18(12-50)25(46)37-15(7-8-19(29)41)23(44)35-14(3)22(43)34-10-20(42)36-17(11-40)24(45)38-16(27(48)49)6-5-9-33-28(31)32/h13-18,21,40,50H,4-12,30H2,1-3H3,(H2,29,41)(H,34,43)(H,35,44)(H,36,42)(H,37,46)(H,38,45)(H,39,47)(H,48,49)(H4,31,32,33)/t13-,14-,15-,16-,17-,18-,21-/m0/s1. The van der Waals surface area contributed by atoms with Crippen LogP contribution in [-0.4, -0.2) is 125 Å². The molecule has 0 bridgehead atoms. The number of primary amides is 1. The van der Waals surface area contributed by atoms with Gasteiger partial charge >= 0.3 is 5.97 Å². The van der Waals surface area contributed by atoms with Gasteiger partial charge in [0.1, 0.15) is 30.2 Å². The number of rotatable bonds is 24. The van der Waals surface area contributed by atoms with Crippen LogP contribution in [0.5, 0.6) is 0 Å². The van der Waals surface area contributed by atoms with Gasteiger partial charge in [-0.3, -0.25) is 38.6 Å². The van der Waals surface area contributed by atoms with Crippen molar-refractivity contribution in [3.63, 3.8) is 0 Å². The summed E-state index contributed by atoms with van der Waals surface area (Å²) in [7, 11) is 0. The fourth-order valence-corrected chi connectivity index (χ4v) is 4.23. The summed E-state index contributed by atoms with van der Waals surface area (Å²) in [5.41, 5.74) is 21.5. The lowest BCUT2D eigenvalue weighted by Crippen LogP contribution is -2.58. The smallest absolute Gasteiger partial charge is 0.326 e. The maximum absolute atomic E-state index is 13.0. The molecule has 0 aliphatic carbocycles. The molecule has 0 aromatic carbocycles. The van der Waals surface area contributed by atoms with Crippen molar-refractivity contribution in [1.29, 1.82) is 0 Å². The largest absolute Gasteiger partial charge is 0.480 e. The highest BCUT2D eigenvalue weighted by Gasteiger charge is 2.30. The molecule has 0 fully saturated rings. The van der Waals surface area contributed by atoms with Crippen LogP contribution in [0.25, 0.3) is 0 Å². The number of nitrogens with one attached hydrogen (secondary N) is 6. The van der Waals surface area contributed by atoms with Gasteiger partial charge in [-0.05, 0) is 32.1 Å². The van der Waals surface area contributed by atoms with E-state index >= 15 is 0 Å². The number of aliphatic hydroxyl groups excluding tert-OH is 1. The van der Waals surface area contributed by atoms with Gasteiger partial charge in [-0.1, -0.05) is 20.3 Å². The van der Waals surface area contributed by atoms with Gasteiger partial charge in [0.25, 0.3) is 0 Å². The Morgan fingerprint density at radius 3 is 1.84 bits per heavy atom. The topological polar surface area (TPSA) is 366 Å². The van der Waals surface area contributed by atoms with Gasteiger partial charge in [0.05, 0.1) is 19.2 Å². The SMILES string of the molecule is CC[C@H](C)[C@H](N)C(=O)N[C@@H](CS)C(=O)N[C@@H](CCC(N)=O)C(=O)N[C@@H](C)C(=O)NCC(=O)N[C@@H](CO)C(=O)N[C@@H](CCCN=C(N)N)C(=O)O. The van der Waals surface area contributed by atoms with Crippen molar-refractivity contribution in [1.82, 2.24) is 31.9 Å². The first kappa shape index (κ1) is 45.3. The minimum Gasteiger partial charge on any atom is -0.480 e. The first-order chi connectivity index (χ1) is 23.4. The minimum atomic E-state index is -1.57. The van der Waals surface area contributed by atoms with E-state index in [2.05, 4.69) is 49.5 Å². The molecule has 284 valence electrons. The molecule has 0 aliphatic heterocycles. The maximum atomic E-state index is 13.0. The Morgan fingerprint density at radius 1 is 0.760 bits per heavy atom. The molecule has 0 saturated carbocycles. The summed E-state index contributed by atoms with van der Waals surface area (Å²) < 4.78 is 0. The number of hydrogen-bond donors (Lipinski definition) is 13. The highest BCUT2D eigenvalue weighted by molar-refractivity contribution is 7.80. The number of carboxylic acid groups (broad SMARTS) is 1. The summed E-state index contributed by atoms with van der Waals surface area (Å²) in [5.74, 6) is -7.81. The minimum absolute atomic E-state index is 0.0594. The van der Waals surface area contributed by atoms with Crippen LogP contribution in [-0.2, 0) is 38.4 Å². The number of aliphatic carboxylic acids is 1. The number of carboxylic acids is 1. The van der Waals surface area contributed by atoms with Crippen LogP contribution in [0.4, 0.5) is 0 Å². The second kappa shape index (κ2) is 23.6. The molecular weight excluding hydrogens is 682 g/mol. The van der Waals surface area contributed by atoms with Crippen molar-refractivity contribution >= 4 is 65.9 Å². The van der Waals surface area contributed by atoms with Crippen LogP contribution >= 0.6 is 12.6 Å². The fraction of sp³-hybridized carbons (Fsp3) is 0.679. The third-order valence-corrected chi connectivity index (χ3v) is 7.62. The fourth-order valence-electron chi connectivity index (χ4n) is 3.97. The second-order valence-corrected chi connectivity index (χ2v) is 11.7. The number of guanidine groups is 1. The summed E-state index contributed by atoms with van der Waals surface area (Å²) in [4.78, 5) is 103. The summed E-state index contributed by atoms with van der Waals surface area (Å²) in [6.45, 7) is 3.35. The van der Waals surface area contributed by atoms with E-state index in [1.807, 2.05) is 6.92 Å². The Bertz CT molecular complexity index is 1230. The Kier molecular flexibility index (Phi) is 21.4. The van der Waals surface area contributed by atoms with E-state index in [0.717, 1.165) is 0 Å². The van der Waals surface area contributed by atoms with Crippen LogP contribution < -0.4 is 54.8 Å². The first-order valence-electron chi connectivity index (χ1n) is 15.7. The molecule has 22 heteroatoms. The Hall–Kier alpha value is -4.70. The van der Waals surface area contributed by atoms with Crippen molar-refractivity contribution < 1.29 is 48.6 Å². The molecule has 21 nitrogen and oxygen atoms in total. The normalized spacial score (nSPS) is 14.9. The van der Waals surface area contributed by atoms with Crippen molar-refractivity contribution in [2.24, 2.45) is 33.8 Å². The molecule has 50 heavy (non-hydrogen) atoms. The number of thiol groups is 1. The van der Waals surface area contributed by atoms with Gasteiger partial charge in [0.2, 0.25) is 41.4 Å². The number of nitrogens with zero attached hydrogens (tertiary/aromatic N) is 1. The number of aliphatic hydroxyl groups is 1. The van der Waals surface area contributed by atoms with Crippen molar-refractivity contribution in [2.75, 3.05) is 25.4 Å². The van der Waals surface area contributed by atoms with Crippen LogP contribution in [0.1, 0.15) is 52.9 Å². The van der Waals surface area contributed by atoms with E-state index in [-0.39, 0.29) is 49.9 Å². The molecule has 0 aliphatic rings. The van der Waals surface area contributed by atoms with Crippen LogP contribution in [0, 0.1) is 5.92 Å². The van der Waals surface area contributed by atoms with Gasteiger partial charge in [-0.25, -0.2) is 4.79 Å². The summed E-state index contributed by atoms with van der Waals surface area (Å²) in [6.07, 6.45) is 0.175. The number of nitrogens with two attached hydrogens (primary N) is 4. The first-order valence-corrected chi connectivity index (χ1v) is 16.3. The molecule has 0 spiro atoms. The number of aliphatic imine (C=N–C) groups is 1. The lowest BCUT2D eigenvalue weighted by molar-refractivity contribution is -0.142. The summed E-state index contributed by atoms with van der Waals surface area (Å²) in [5, 5.41) is 32.8. The Morgan fingerprint density at radius 2 is 1.32 bits per heavy atom. The van der Waals surface area contributed by atoms with Crippen molar-refractivity contribution in [3.8, 4) is 0 Å². The molecule has 7 atom stereocenters. The van der Waals surface area contributed by atoms with Gasteiger partial charge in [0.15, 0.2) is 5.96 Å². The molecule has 0 rings (SSSR count). The molecule has 0 saturated heterocycles. The quantitative estimate of drug-likeness (QED) is 0.0191. The van der Waals surface area contributed by atoms with Crippen LogP contribution in [0.15, 0.2) is 4.99 Å².